The summed E-state index contributed by atoms with van der Waals surface area (Å²) in [5, 5.41) is 0. The van der Waals surface area contributed by atoms with Crippen molar-refractivity contribution in [1.82, 2.24) is 0 Å². The van der Waals surface area contributed by atoms with Gasteiger partial charge in [-0.2, -0.15) is 0 Å². The summed E-state index contributed by atoms with van der Waals surface area (Å²) in [5.41, 5.74) is -2.95. The van der Waals surface area contributed by atoms with E-state index in [-0.39, 0.29) is 3.51 Å². The van der Waals surface area contributed by atoms with Crippen molar-refractivity contribution < 1.29 is 29.4 Å². The second-order valence-electron chi connectivity index (χ2n) is 9.83. The van der Waals surface area contributed by atoms with Crippen LogP contribution in [0.1, 0.15) is 22.3 Å². The van der Waals surface area contributed by atoms with Gasteiger partial charge in [-0.3, -0.25) is 0 Å². The molecule has 0 saturated heterocycles. The van der Waals surface area contributed by atoms with Crippen LogP contribution in [-0.4, -0.2) is 30.2 Å². The van der Waals surface area contributed by atoms with Gasteiger partial charge in [-0.05, 0) is 0 Å². The van der Waals surface area contributed by atoms with Crippen LogP contribution in [0.2, 0.25) is 0 Å². The van der Waals surface area contributed by atoms with Gasteiger partial charge >= 0.3 is 219 Å². The van der Waals surface area contributed by atoms with E-state index in [0.29, 0.717) is 10.5 Å². The molecule has 0 unspecified atom stereocenters. The van der Waals surface area contributed by atoms with Gasteiger partial charge < -0.3 is 0 Å². The van der Waals surface area contributed by atoms with Crippen molar-refractivity contribution in [1.29, 1.82) is 0 Å². The zero-order valence-electron chi connectivity index (χ0n) is 20.9. The molecule has 4 aromatic rings. The van der Waals surface area contributed by atoms with Gasteiger partial charge in [-0.15, -0.1) is 0 Å². The Balaban J connectivity index is 2.12. The molecule has 0 radical (unpaired) electrons. The molecule has 4 aromatic carbocycles. The molecule has 0 aromatic heterocycles. The van der Waals surface area contributed by atoms with Gasteiger partial charge in [0.25, 0.3) is 0 Å². The van der Waals surface area contributed by atoms with Crippen LogP contribution in [0.25, 0.3) is 0 Å². The molecule has 0 fully saturated rings. The van der Waals surface area contributed by atoms with Gasteiger partial charge in [0.15, 0.2) is 0 Å². The number of benzene rings is 4. The van der Waals surface area contributed by atoms with E-state index < -0.39 is 41.3 Å². The van der Waals surface area contributed by atoms with E-state index in [1.165, 1.54) is 18.2 Å². The summed E-state index contributed by atoms with van der Waals surface area (Å²) < 4.78 is 97.3. The van der Waals surface area contributed by atoms with Crippen molar-refractivity contribution >= 4 is 31.9 Å². The zero-order chi connectivity index (χ0) is 27.6. The van der Waals surface area contributed by atoms with Gasteiger partial charge in [0.05, 0.1) is 0 Å². The molecule has 1 nitrogen and oxygen atoms in total. The third-order valence-electron chi connectivity index (χ3n) is 7.44. The minimum absolute atomic E-state index is 0.0356. The molecule has 0 saturated carbocycles. The summed E-state index contributed by atoms with van der Waals surface area (Å²) in [5.74, 6) is 0. The predicted octanol–water partition coefficient (Wildman–Crippen LogP) is 5.79. The Bertz CT molecular complexity index is 1360. The van der Waals surface area contributed by atoms with Crippen molar-refractivity contribution in [3.05, 3.63) is 119 Å². The topological polar surface area (TPSA) is 9.23 Å². The fourth-order valence-electron chi connectivity index (χ4n) is 5.60. The number of alkyl halides is 6. The van der Waals surface area contributed by atoms with Crippen LogP contribution in [0.5, 0.6) is 0 Å². The molecule has 0 aliphatic carbocycles. The Morgan fingerprint density at radius 3 is 1.21 bits per heavy atom. The summed E-state index contributed by atoms with van der Waals surface area (Å²) in [7, 11) is 0. The third kappa shape index (κ3) is 3.37. The molecule has 8 heteroatoms. The summed E-state index contributed by atoms with van der Waals surface area (Å²) >= 11 is -6.38. The van der Waals surface area contributed by atoms with Gasteiger partial charge in [-0.25, -0.2) is 0 Å². The summed E-state index contributed by atoms with van der Waals surface area (Å²) in [6.45, 7) is 5.44. The fourth-order valence-corrected chi connectivity index (χ4v) is 23.3. The summed E-state index contributed by atoms with van der Waals surface area (Å²) in [4.78, 5) is 0. The van der Waals surface area contributed by atoms with E-state index in [4.69, 9.17) is 3.02 Å². The molecule has 1 heterocycles. The second-order valence-corrected chi connectivity index (χ2v) is 22.1. The van der Waals surface area contributed by atoms with E-state index in [0.717, 1.165) is 22.8 Å². The molecular weight excluding hydrogens is 612 g/mol. The molecule has 0 spiro atoms. The van der Waals surface area contributed by atoms with E-state index in [1.807, 2.05) is 20.8 Å². The second kappa shape index (κ2) is 8.62. The molecular formula is C30H25F6OSb. The van der Waals surface area contributed by atoms with Gasteiger partial charge in [0.1, 0.15) is 0 Å². The Labute approximate surface area is 218 Å². The van der Waals surface area contributed by atoms with Crippen molar-refractivity contribution in [3.63, 3.8) is 0 Å². The van der Waals surface area contributed by atoms with Gasteiger partial charge in [-0.1, -0.05) is 0 Å². The predicted molar refractivity (Wildman–Crippen MR) is 139 cm³/mol. The molecule has 0 atom stereocenters. The maximum atomic E-state index is 15.0. The average Bonchev–Trinajstić information content (AvgIpc) is 3.17. The maximum absolute atomic E-state index is 15.0. The van der Waals surface area contributed by atoms with E-state index in [9.17, 15) is 0 Å². The first-order valence-corrected chi connectivity index (χ1v) is 18.1. The monoisotopic (exact) mass is 636 g/mol. The number of hydrogen-bond donors (Lipinski definition) is 0. The zero-order valence-corrected chi connectivity index (χ0v) is 23.4. The third-order valence-corrected chi connectivity index (χ3v) is 24.0. The van der Waals surface area contributed by atoms with Crippen LogP contribution < -0.4 is 14.0 Å². The Kier molecular flexibility index (Phi) is 6.09. The SMILES string of the molecule is Cc1cc[c]([Sb]2([c]3ccc(C)cc3)([c]3ccc(C)cc3)[O]C(C(F)(F)F)(C(F)(F)F)c3cccc[c]32)cc1. The van der Waals surface area contributed by atoms with Crippen molar-refractivity contribution in [2.75, 3.05) is 0 Å². The number of aryl methyl sites for hydroxylation is 3. The summed E-state index contributed by atoms with van der Waals surface area (Å²) in [6, 6.07) is 25.1. The molecule has 0 bridgehead atoms. The first-order valence-electron chi connectivity index (χ1n) is 12.0. The minimum atomic E-state index is -6.38. The molecule has 0 N–H and O–H groups in total. The van der Waals surface area contributed by atoms with Crippen LogP contribution >= 0.6 is 0 Å². The molecule has 5 rings (SSSR count). The van der Waals surface area contributed by atoms with Gasteiger partial charge in [0, 0.05) is 0 Å². The Morgan fingerprint density at radius 1 is 0.526 bits per heavy atom. The number of fused-ring (bicyclic) bond motifs is 1. The summed E-state index contributed by atoms with van der Waals surface area (Å²) in [6.07, 6.45) is -11.6. The standard InChI is InChI=1S/C9H4F6O.3C7H7.Sb/c10-8(11,12)7(16,9(13,14)15)6-4-2-1-3-5-6;3*1-7-5-3-2-4-6-7;/h1-4H;3*3-6H,1H3;/q-1;;;;+1. The van der Waals surface area contributed by atoms with E-state index in [2.05, 4.69) is 0 Å². The van der Waals surface area contributed by atoms with Crippen LogP contribution in [0, 0.1) is 20.8 Å². The first kappa shape index (κ1) is 26.8. The van der Waals surface area contributed by atoms with Crippen molar-refractivity contribution in [3.8, 4) is 0 Å². The van der Waals surface area contributed by atoms with E-state index in [1.54, 1.807) is 72.8 Å². The van der Waals surface area contributed by atoms with Crippen LogP contribution in [0.15, 0.2) is 97.1 Å². The van der Waals surface area contributed by atoms with E-state index >= 15 is 26.3 Å². The van der Waals surface area contributed by atoms with Crippen LogP contribution in [-0.2, 0) is 8.62 Å². The quantitative estimate of drug-likeness (QED) is 0.204. The van der Waals surface area contributed by atoms with Crippen molar-refractivity contribution in [2.24, 2.45) is 0 Å². The number of halogens is 6. The van der Waals surface area contributed by atoms with Crippen LogP contribution in [0.3, 0.4) is 0 Å². The van der Waals surface area contributed by atoms with Crippen LogP contribution in [0.4, 0.5) is 26.3 Å². The molecule has 1 aliphatic rings. The molecule has 1 aliphatic heterocycles. The number of rotatable bonds is 3. The average molecular weight is 637 g/mol. The first-order chi connectivity index (χ1) is 17.8. The Hall–Kier alpha value is -2.76. The molecule has 0 amide bonds. The molecule has 198 valence electrons. The van der Waals surface area contributed by atoms with Crippen molar-refractivity contribution in [2.45, 2.75) is 38.7 Å². The molecule has 38 heavy (non-hydrogen) atoms. The van der Waals surface area contributed by atoms with Gasteiger partial charge in [0.2, 0.25) is 0 Å². The fraction of sp³-hybridized carbons (Fsp3) is 0.200. The Morgan fingerprint density at radius 2 is 0.868 bits per heavy atom. The normalized spacial score (nSPS) is 18.8. The number of hydrogen-bond acceptors (Lipinski definition) is 1.